The van der Waals surface area contributed by atoms with Gasteiger partial charge in [-0.15, -0.1) is 12.4 Å². The Labute approximate surface area is 141 Å². The quantitative estimate of drug-likeness (QED) is 0.824. The Morgan fingerprint density at radius 2 is 2.00 bits per heavy atom. The van der Waals surface area contributed by atoms with Crippen molar-refractivity contribution in [2.24, 2.45) is 5.73 Å². The van der Waals surface area contributed by atoms with Crippen LogP contribution in [0.1, 0.15) is 19.4 Å². The van der Waals surface area contributed by atoms with Gasteiger partial charge in [-0.25, -0.2) is 0 Å². The topological polar surface area (TPSA) is 64.3 Å². The van der Waals surface area contributed by atoms with Crippen LogP contribution in [0.15, 0.2) is 18.2 Å². The van der Waals surface area contributed by atoms with E-state index in [0.29, 0.717) is 16.6 Å². The molecule has 3 N–H and O–H groups in total. The maximum atomic E-state index is 11.8. The van der Waals surface area contributed by atoms with Gasteiger partial charge in [0.05, 0.1) is 16.7 Å². The van der Waals surface area contributed by atoms with E-state index in [4.69, 9.17) is 33.7 Å². The molecule has 0 saturated carbocycles. The molecule has 1 atom stereocenters. The molecule has 0 aromatic heterocycles. The van der Waals surface area contributed by atoms with Crippen LogP contribution in [0.5, 0.6) is 0 Å². The second-order valence-corrected chi connectivity index (χ2v) is 6.11. The number of hydrogen-bond acceptors (Lipinski definition) is 3. The van der Waals surface area contributed by atoms with Crippen LogP contribution in [0.2, 0.25) is 10.0 Å². The molecular weight excluding hydrogens is 335 g/mol. The summed E-state index contributed by atoms with van der Waals surface area (Å²) in [5.41, 5.74) is 6.38. The van der Waals surface area contributed by atoms with Gasteiger partial charge in [0.2, 0.25) is 5.91 Å². The molecule has 1 amide bonds. The zero-order chi connectivity index (χ0) is 15.3. The Hall–Kier alpha value is -0.520. The fourth-order valence-electron chi connectivity index (χ4n) is 1.71. The number of methoxy groups -OCH3 is 1. The van der Waals surface area contributed by atoms with Gasteiger partial charge in [-0.05, 0) is 17.7 Å². The van der Waals surface area contributed by atoms with Gasteiger partial charge in [-0.3, -0.25) is 4.79 Å². The van der Waals surface area contributed by atoms with E-state index in [2.05, 4.69) is 5.32 Å². The SMILES string of the molecule is COCC(N)C(=O)NCC(C)(C)c1ccc(Cl)c(Cl)c1.Cl. The van der Waals surface area contributed by atoms with E-state index in [1.165, 1.54) is 7.11 Å². The molecule has 1 rings (SSSR count). The van der Waals surface area contributed by atoms with Crippen LogP contribution >= 0.6 is 35.6 Å². The van der Waals surface area contributed by atoms with Crippen molar-refractivity contribution in [2.45, 2.75) is 25.3 Å². The van der Waals surface area contributed by atoms with Crippen molar-refractivity contribution in [3.8, 4) is 0 Å². The minimum absolute atomic E-state index is 0. The van der Waals surface area contributed by atoms with Gasteiger partial charge in [-0.1, -0.05) is 43.1 Å². The van der Waals surface area contributed by atoms with Crippen molar-refractivity contribution < 1.29 is 9.53 Å². The van der Waals surface area contributed by atoms with Crippen LogP contribution in [0.4, 0.5) is 0 Å². The van der Waals surface area contributed by atoms with Crippen LogP contribution in [0.25, 0.3) is 0 Å². The highest BCUT2D eigenvalue weighted by atomic mass is 35.5. The summed E-state index contributed by atoms with van der Waals surface area (Å²) < 4.78 is 4.85. The molecule has 0 saturated heterocycles. The third-order valence-electron chi connectivity index (χ3n) is 3.09. The lowest BCUT2D eigenvalue weighted by atomic mass is 9.84. The maximum Gasteiger partial charge on any atom is 0.239 e. The van der Waals surface area contributed by atoms with Crippen molar-refractivity contribution in [2.75, 3.05) is 20.3 Å². The van der Waals surface area contributed by atoms with Gasteiger partial charge in [0.25, 0.3) is 0 Å². The number of ether oxygens (including phenoxy) is 1. The van der Waals surface area contributed by atoms with Crippen molar-refractivity contribution in [3.05, 3.63) is 33.8 Å². The third-order valence-corrected chi connectivity index (χ3v) is 3.83. The highest BCUT2D eigenvalue weighted by molar-refractivity contribution is 6.42. The molecule has 0 radical (unpaired) electrons. The molecule has 4 nitrogen and oxygen atoms in total. The third kappa shape index (κ3) is 6.01. The fourth-order valence-corrected chi connectivity index (χ4v) is 2.01. The van der Waals surface area contributed by atoms with Crippen LogP contribution in [0.3, 0.4) is 0 Å². The largest absolute Gasteiger partial charge is 0.383 e. The average molecular weight is 356 g/mol. The molecule has 0 bridgehead atoms. The van der Waals surface area contributed by atoms with E-state index in [0.717, 1.165) is 5.56 Å². The Morgan fingerprint density at radius 1 is 1.38 bits per heavy atom. The lowest BCUT2D eigenvalue weighted by molar-refractivity contribution is -0.123. The Morgan fingerprint density at radius 3 is 2.52 bits per heavy atom. The second kappa shape index (κ2) is 8.81. The summed E-state index contributed by atoms with van der Waals surface area (Å²) in [7, 11) is 1.51. The van der Waals surface area contributed by atoms with Gasteiger partial charge in [0.15, 0.2) is 0 Å². The highest BCUT2D eigenvalue weighted by Gasteiger charge is 2.23. The lowest BCUT2D eigenvalue weighted by Gasteiger charge is -2.26. The standard InChI is InChI=1S/C14H20Cl2N2O2.ClH/c1-14(2,8-18-13(19)12(17)7-20-3)9-4-5-10(15)11(16)6-9;/h4-6,12H,7-8,17H2,1-3H3,(H,18,19);1H. The molecule has 1 aromatic rings. The highest BCUT2D eigenvalue weighted by Crippen LogP contribution is 2.29. The number of rotatable bonds is 6. The number of carbonyl (C=O) groups is 1. The minimum atomic E-state index is -0.662. The number of nitrogens with one attached hydrogen (secondary N) is 1. The first-order valence-corrected chi connectivity index (χ1v) is 7.01. The fraction of sp³-hybridized carbons (Fsp3) is 0.500. The smallest absolute Gasteiger partial charge is 0.239 e. The minimum Gasteiger partial charge on any atom is -0.383 e. The Bertz CT molecular complexity index is 481. The average Bonchev–Trinajstić information content (AvgIpc) is 2.39. The van der Waals surface area contributed by atoms with Crippen LogP contribution < -0.4 is 11.1 Å². The van der Waals surface area contributed by atoms with Crippen LogP contribution in [-0.2, 0) is 14.9 Å². The van der Waals surface area contributed by atoms with Gasteiger partial charge < -0.3 is 15.8 Å². The normalized spacial score (nSPS) is 12.5. The van der Waals surface area contributed by atoms with E-state index in [1.54, 1.807) is 6.07 Å². The molecule has 21 heavy (non-hydrogen) atoms. The van der Waals surface area contributed by atoms with Crippen molar-refractivity contribution in [1.82, 2.24) is 5.32 Å². The van der Waals surface area contributed by atoms with Gasteiger partial charge in [0.1, 0.15) is 6.04 Å². The molecule has 0 aliphatic heterocycles. The number of nitrogens with two attached hydrogens (primary N) is 1. The Kier molecular flexibility index (Phi) is 8.59. The number of amides is 1. The van der Waals surface area contributed by atoms with Gasteiger partial charge in [0, 0.05) is 19.1 Å². The summed E-state index contributed by atoms with van der Waals surface area (Å²) in [6, 6.07) is 4.80. The summed E-state index contributed by atoms with van der Waals surface area (Å²) in [6.45, 7) is 4.66. The summed E-state index contributed by atoms with van der Waals surface area (Å²) in [5, 5.41) is 3.83. The van der Waals surface area contributed by atoms with Crippen LogP contribution in [0, 0.1) is 0 Å². The van der Waals surface area contributed by atoms with Gasteiger partial charge >= 0.3 is 0 Å². The summed E-state index contributed by atoms with van der Waals surface area (Å²) in [4.78, 5) is 11.8. The van der Waals surface area contributed by atoms with Crippen molar-refractivity contribution in [3.63, 3.8) is 0 Å². The maximum absolute atomic E-state index is 11.8. The first-order valence-electron chi connectivity index (χ1n) is 6.25. The molecule has 0 fully saturated rings. The van der Waals surface area contributed by atoms with Crippen molar-refractivity contribution in [1.29, 1.82) is 0 Å². The zero-order valence-electron chi connectivity index (χ0n) is 12.3. The molecule has 7 heteroatoms. The predicted octanol–water partition coefficient (Wildman–Crippen LogP) is 2.78. The van der Waals surface area contributed by atoms with Crippen LogP contribution in [-0.4, -0.2) is 32.2 Å². The predicted molar refractivity (Wildman–Crippen MR) is 89.6 cm³/mol. The van der Waals surface area contributed by atoms with E-state index in [9.17, 15) is 4.79 Å². The first kappa shape index (κ1) is 20.5. The molecule has 0 aliphatic rings. The summed E-state index contributed by atoms with van der Waals surface area (Å²) in [5.74, 6) is -0.236. The molecular formula is C14H21Cl3N2O2. The number of hydrogen-bond donors (Lipinski definition) is 2. The van der Waals surface area contributed by atoms with E-state index < -0.39 is 6.04 Å². The molecule has 1 unspecified atom stereocenters. The molecule has 120 valence electrons. The number of benzene rings is 1. The monoisotopic (exact) mass is 354 g/mol. The molecule has 0 heterocycles. The number of halogens is 3. The van der Waals surface area contributed by atoms with Crippen molar-refractivity contribution >= 4 is 41.5 Å². The molecule has 1 aromatic carbocycles. The first-order chi connectivity index (χ1) is 9.27. The Balaban J connectivity index is 0.00000400. The van der Waals surface area contributed by atoms with E-state index in [1.807, 2.05) is 26.0 Å². The summed E-state index contributed by atoms with van der Waals surface area (Å²) >= 11 is 11.9. The number of carbonyl (C=O) groups excluding carboxylic acids is 1. The lowest BCUT2D eigenvalue weighted by Crippen LogP contribution is -2.47. The molecule has 0 spiro atoms. The zero-order valence-corrected chi connectivity index (χ0v) is 14.6. The van der Waals surface area contributed by atoms with E-state index in [-0.39, 0.29) is 30.3 Å². The molecule has 0 aliphatic carbocycles. The second-order valence-electron chi connectivity index (χ2n) is 5.29. The van der Waals surface area contributed by atoms with Gasteiger partial charge in [-0.2, -0.15) is 0 Å². The van der Waals surface area contributed by atoms with E-state index >= 15 is 0 Å². The summed E-state index contributed by atoms with van der Waals surface area (Å²) in [6.07, 6.45) is 0.